The van der Waals surface area contributed by atoms with Crippen LogP contribution in [-0.2, 0) is 6.54 Å². The van der Waals surface area contributed by atoms with Crippen LogP contribution in [0.25, 0.3) is 0 Å². The minimum atomic E-state index is 0.229. The van der Waals surface area contributed by atoms with Crippen molar-refractivity contribution >= 4 is 0 Å². The van der Waals surface area contributed by atoms with Crippen LogP contribution in [0.4, 0.5) is 0 Å². The van der Waals surface area contributed by atoms with Gasteiger partial charge in [0.15, 0.2) is 0 Å². The number of hydrogen-bond acceptors (Lipinski definition) is 3. The number of likely N-dealkylation sites (N-methyl/N-ethyl adjacent to an activating group) is 1. The van der Waals surface area contributed by atoms with Gasteiger partial charge in [-0.05, 0) is 38.1 Å². The Labute approximate surface area is 105 Å². The van der Waals surface area contributed by atoms with E-state index >= 15 is 0 Å². The Hall–Kier alpha value is -1.06. The summed E-state index contributed by atoms with van der Waals surface area (Å²) >= 11 is 0. The number of benzene rings is 1. The second kappa shape index (κ2) is 8.09. The zero-order chi connectivity index (χ0) is 12.5. The second-order valence-corrected chi connectivity index (χ2v) is 4.34. The zero-order valence-electron chi connectivity index (χ0n) is 11.1. The lowest BCUT2D eigenvalue weighted by Crippen LogP contribution is -2.26. The van der Waals surface area contributed by atoms with Crippen molar-refractivity contribution in [1.29, 1.82) is 0 Å². The standard InChI is InChI=1S/C14H24N2O/c1-4-15-8-9-16-11-13-6-5-7-14(10-13)17-12(2)3/h5-7,10,12,15-16H,4,8-9,11H2,1-3H3. The van der Waals surface area contributed by atoms with E-state index in [1.54, 1.807) is 0 Å². The predicted octanol–water partition coefficient (Wildman–Crippen LogP) is 2.17. The van der Waals surface area contributed by atoms with E-state index in [1.807, 2.05) is 26.0 Å². The third kappa shape index (κ3) is 6.29. The molecule has 0 aliphatic rings. The molecule has 0 aliphatic carbocycles. The van der Waals surface area contributed by atoms with E-state index in [4.69, 9.17) is 4.74 Å². The first-order valence-electron chi connectivity index (χ1n) is 6.39. The summed E-state index contributed by atoms with van der Waals surface area (Å²) in [5.41, 5.74) is 1.26. The van der Waals surface area contributed by atoms with Crippen LogP contribution < -0.4 is 15.4 Å². The largest absolute Gasteiger partial charge is 0.491 e. The van der Waals surface area contributed by atoms with Gasteiger partial charge in [-0.1, -0.05) is 19.1 Å². The molecular weight excluding hydrogens is 212 g/mol. The molecule has 0 fully saturated rings. The summed E-state index contributed by atoms with van der Waals surface area (Å²) in [4.78, 5) is 0. The lowest BCUT2D eigenvalue weighted by Gasteiger charge is -2.11. The van der Waals surface area contributed by atoms with Crippen molar-refractivity contribution in [1.82, 2.24) is 10.6 Å². The van der Waals surface area contributed by atoms with E-state index in [-0.39, 0.29) is 6.10 Å². The van der Waals surface area contributed by atoms with Crippen LogP contribution in [-0.4, -0.2) is 25.7 Å². The summed E-state index contributed by atoms with van der Waals surface area (Å²) in [7, 11) is 0. The number of ether oxygens (including phenoxy) is 1. The summed E-state index contributed by atoms with van der Waals surface area (Å²) in [6, 6.07) is 8.26. The molecule has 0 heterocycles. The fraction of sp³-hybridized carbons (Fsp3) is 0.571. The van der Waals surface area contributed by atoms with Crippen molar-refractivity contribution < 1.29 is 4.74 Å². The van der Waals surface area contributed by atoms with Gasteiger partial charge < -0.3 is 15.4 Å². The predicted molar refractivity (Wildman–Crippen MR) is 72.5 cm³/mol. The first kappa shape index (κ1) is 14.0. The smallest absolute Gasteiger partial charge is 0.120 e. The quantitative estimate of drug-likeness (QED) is 0.679. The highest BCUT2D eigenvalue weighted by Gasteiger charge is 1.99. The van der Waals surface area contributed by atoms with E-state index in [1.165, 1.54) is 5.56 Å². The Morgan fingerprint density at radius 1 is 1.18 bits per heavy atom. The Morgan fingerprint density at radius 3 is 2.65 bits per heavy atom. The summed E-state index contributed by atoms with van der Waals surface area (Å²) in [5, 5.41) is 6.68. The third-order valence-electron chi connectivity index (χ3n) is 2.33. The molecule has 0 bridgehead atoms. The zero-order valence-corrected chi connectivity index (χ0v) is 11.1. The lowest BCUT2D eigenvalue weighted by molar-refractivity contribution is 0.242. The molecule has 17 heavy (non-hydrogen) atoms. The van der Waals surface area contributed by atoms with Gasteiger partial charge in [0.25, 0.3) is 0 Å². The van der Waals surface area contributed by atoms with Crippen molar-refractivity contribution in [2.24, 2.45) is 0 Å². The van der Waals surface area contributed by atoms with Crippen LogP contribution in [0.2, 0.25) is 0 Å². The maximum atomic E-state index is 5.66. The fourth-order valence-electron chi connectivity index (χ4n) is 1.59. The van der Waals surface area contributed by atoms with E-state index in [0.717, 1.165) is 31.9 Å². The minimum Gasteiger partial charge on any atom is -0.491 e. The van der Waals surface area contributed by atoms with Gasteiger partial charge in [-0.3, -0.25) is 0 Å². The second-order valence-electron chi connectivity index (χ2n) is 4.34. The molecule has 1 rings (SSSR count). The van der Waals surface area contributed by atoms with Crippen molar-refractivity contribution in [3.8, 4) is 5.75 Å². The molecule has 3 nitrogen and oxygen atoms in total. The molecular formula is C14H24N2O. The molecule has 1 aromatic carbocycles. The van der Waals surface area contributed by atoms with Crippen LogP contribution in [0.3, 0.4) is 0 Å². The van der Waals surface area contributed by atoms with Crippen molar-refractivity contribution in [3.63, 3.8) is 0 Å². The Kier molecular flexibility index (Phi) is 6.67. The molecule has 0 amide bonds. The molecule has 0 aromatic heterocycles. The van der Waals surface area contributed by atoms with E-state index < -0.39 is 0 Å². The third-order valence-corrected chi connectivity index (χ3v) is 2.33. The SMILES string of the molecule is CCNCCNCc1cccc(OC(C)C)c1. The molecule has 0 spiro atoms. The van der Waals surface area contributed by atoms with Crippen molar-refractivity contribution in [2.75, 3.05) is 19.6 Å². The van der Waals surface area contributed by atoms with Gasteiger partial charge in [-0.15, -0.1) is 0 Å². The molecule has 0 atom stereocenters. The Balaban J connectivity index is 2.32. The van der Waals surface area contributed by atoms with E-state index in [9.17, 15) is 0 Å². The van der Waals surface area contributed by atoms with Crippen LogP contribution in [0.1, 0.15) is 26.3 Å². The van der Waals surface area contributed by atoms with Crippen LogP contribution >= 0.6 is 0 Å². The average Bonchev–Trinajstić information content (AvgIpc) is 2.28. The van der Waals surface area contributed by atoms with Gasteiger partial charge in [0.05, 0.1) is 6.10 Å². The Morgan fingerprint density at radius 2 is 1.94 bits per heavy atom. The minimum absolute atomic E-state index is 0.229. The average molecular weight is 236 g/mol. The van der Waals surface area contributed by atoms with Crippen molar-refractivity contribution in [3.05, 3.63) is 29.8 Å². The molecule has 0 radical (unpaired) electrons. The van der Waals surface area contributed by atoms with Gasteiger partial charge in [-0.25, -0.2) is 0 Å². The molecule has 2 N–H and O–H groups in total. The molecule has 1 aromatic rings. The maximum absolute atomic E-state index is 5.66. The maximum Gasteiger partial charge on any atom is 0.120 e. The lowest BCUT2D eigenvalue weighted by atomic mass is 10.2. The topological polar surface area (TPSA) is 33.3 Å². The van der Waals surface area contributed by atoms with E-state index in [2.05, 4.69) is 29.7 Å². The highest BCUT2D eigenvalue weighted by atomic mass is 16.5. The molecule has 0 saturated carbocycles. The molecule has 3 heteroatoms. The summed E-state index contributed by atoms with van der Waals surface area (Å²) in [6.07, 6.45) is 0.229. The number of nitrogens with one attached hydrogen (secondary N) is 2. The van der Waals surface area contributed by atoms with Gasteiger partial charge in [0, 0.05) is 19.6 Å². The number of rotatable bonds is 8. The molecule has 96 valence electrons. The van der Waals surface area contributed by atoms with Gasteiger partial charge in [-0.2, -0.15) is 0 Å². The van der Waals surface area contributed by atoms with Crippen LogP contribution in [0.5, 0.6) is 5.75 Å². The number of hydrogen-bond donors (Lipinski definition) is 2. The molecule has 0 aliphatic heterocycles. The molecule has 0 unspecified atom stereocenters. The Bertz CT molecular complexity index is 313. The first-order chi connectivity index (χ1) is 8.22. The summed E-state index contributed by atoms with van der Waals surface area (Å²) < 4.78 is 5.66. The fourth-order valence-corrected chi connectivity index (χ4v) is 1.59. The van der Waals surface area contributed by atoms with Crippen LogP contribution in [0, 0.1) is 0 Å². The monoisotopic (exact) mass is 236 g/mol. The highest BCUT2D eigenvalue weighted by molar-refractivity contribution is 5.28. The normalized spacial score (nSPS) is 10.8. The highest BCUT2D eigenvalue weighted by Crippen LogP contribution is 2.14. The van der Waals surface area contributed by atoms with Crippen LogP contribution in [0.15, 0.2) is 24.3 Å². The van der Waals surface area contributed by atoms with Gasteiger partial charge >= 0.3 is 0 Å². The summed E-state index contributed by atoms with van der Waals surface area (Å²) in [6.45, 7) is 10.1. The summed E-state index contributed by atoms with van der Waals surface area (Å²) in [5.74, 6) is 0.950. The van der Waals surface area contributed by atoms with Gasteiger partial charge in [0.2, 0.25) is 0 Å². The van der Waals surface area contributed by atoms with Crippen molar-refractivity contribution in [2.45, 2.75) is 33.4 Å². The van der Waals surface area contributed by atoms with E-state index in [0.29, 0.717) is 0 Å². The van der Waals surface area contributed by atoms with Gasteiger partial charge in [0.1, 0.15) is 5.75 Å². The first-order valence-corrected chi connectivity index (χ1v) is 6.39. The molecule has 0 saturated heterocycles.